The van der Waals surface area contributed by atoms with Gasteiger partial charge in [-0.05, 0) is 0 Å². The van der Waals surface area contributed by atoms with Gasteiger partial charge in [0.1, 0.15) is 12.4 Å². The number of hydrogen-bond acceptors (Lipinski definition) is 4. The summed E-state index contributed by atoms with van der Waals surface area (Å²) in [5.41, 5.74) is 5.20. The third kappa shape index (κ3) is 4.96. The molecule has 8 heteroatoms. The molecule has 5 nitrogen and oxygen atoms in total. The van der Waals surface area contributed by atoms with Crippen molar-refractivity contribution in [3.8, 4) is 0 Å². The van der Waals surface area contributed by atoms with Gasteiger partial charge >= 0.3 is 6.18 Å². The van der Waals surface area contributed by atoms with E-state index in [9.17, 15) is 18.0 Å². The molecule has 1 aromatic rings. The van der Waals surface area contributed by atoms with Crippen LogP contribution in [0.25, 0.3) is 0 Å². The predicted octanol–water partition coefficient (Wildman–Crippen LogP) is 0.350. The number of ether oxygens (including phenoxy) is 1. The molecule has 0 amide bonds. The van der Waals surface area contributed by atoms with Crippen LogP contribution in [0, 0.1) is 0 Å². The van der Waals surface area contributed by atoms with Crippen LogP contribution in [-0.4, -0.2) is 29.4 Å². The number of H-pyrrole nitrogens is 1. The first-order valence-electron chi connectivity index (χ1n) is 4.84. The lowest BCUT2D eigenvalue weighted by molar-refractivity contribution is -0.173. The Morgan fingerprint density at radius 3 is 2.71 bits per heavy atom. The third-order valence-electron chi connectivity index (χ3n) is 1.89. The molecule has 0 spiro atoms. The number of alkyl halides is 3. The lowest BCUT2D eigenvalue weighted by Gasteiger charge is -2.07. The molecule has 0 unspecified atom stereocenters. The molecular formula is C9H12F3N3O2. The van der Waals surface area contributed by atoms with Gasteiger partial charge in [0.15, 0.2) is 0 Å². The van der Waals surface area contributed by atoms with Crippen LogP contribution >= 0.6 is 0 Å². The van der Waals surface area contributed by atoms with Crippen LogP contribution in [-0.2, 0) is 17.7 Å². The number of aromatic amines is 1. The largest absolute Gasteiger partial charge is 0.411 e. The predicted molar refractivity (Wildman–Crippen MR) is 53.3 cm³/mol. The summed E-state index contributed by atoms with van der Waals surface area (Å²) in [4.78, 5) is 17.5. The van der Waals surface area contributed by atoms with Gasteiger partial charge < -0.3 is 15.5 Å². The highest BCUT2D eigenvalue weighted by atomic mass is 19.4. The highest BCUT2D eigenvalue weighted by molar-refractivity contribution is 5.05. The lowest BCUT2D eigenvalue weighted by Crippen LogP contribution is -2.21. The maximum absolute atomic E-state index is 11.7. The van der Waals surface area contributed by atoms with Crippen LogP contribution in [0.4, 0.5) is 13.2 Å². The zero-order valence-electron chi connectivity index (χ0n) is 8.88. The fourth-order valence-electron chi connectivity index (χ4n) is 1.09. The summed E-state index contributed by atoms with van der Waals surface area (Å²) in [6, 6.07) is 0. The van der Waals surface area contributed by atoms with E-state index in [4.69, 9.17) is 5.73 Å². The summed E-state index contributed by atoms with van der Waals surface area (Å²) in [7, 11) is 0. The molecule has 1 aromatic heterocycles. The number of hydrogen-bond donors (Lipinski definition) is 2. The van der Waals surface area contributed by atoms with Gasteiger partial charge in [-0.1, -0.05) is 0 Å². The van der Waals surface area contributed by atoms with Crippen LogP contribution in [0.1, 0.15) is 11.4 Å². The zero-order valence-corrected chi connectivity index (χ0v) is 8.88. The monoisotopic (exact) mass is 251 g/mol. The van der Waals surface area contributed by atoms with Crippen LogP contribution in [0.5, 0.6) is 0 Å². The molecule has 0 saturated carbocycles. The first kappa shape index (κ1) is 13.7. The van der Waals surface area contributed by atoms with Crippen molar-refractivity contribution >= 4 is 0 Å². The van der Waals surface area contributed by atoms with Crippen LogP contribution < -0.4 is 11.3 Å². The standard InChI is InChI=1S/C9H12F3N3O2/c10-9(11,12)5-17-2-1-7-14-4-6(3-13)8(16)15-7/h4H,1-3,5,13H2,(H,14,15,16). The zero-order chi connectivity index (χ0) is 12.9. The molecule has 17 heavy (non-hydrogen) atoms. The minimum atomic E-state index is -4.34. The average Bonchev–Trinajstić information content (AvgIpc) is 2.23. The van der Waals surface area contributed by atoms with Crippen molar-refractivity contribution in [2.75, 3.05) is 13.2 Å². The number of aromatic nitrogens is 2. The SMILES string of the molecule is NCc1cnc(CCOCC(F)(F)F)[nH]c1=O. The molecule has 0 aliphatic heterocycles. The van der Waals surface area contributed by atoms with Crippen molar-refractivity contribution in [2.24, 2.45) is 5.73 Å². The van der Waals surface area contributed by atoms with Gasteiger partial charge in [0.25, 0.3) is 5.56 Å². The third-order valence-corrected chi connectivity index (χ3v) is 1.89. The summed E-state index contributed by atoms with van der Waals surface area (Å²) >= 11 is 0. The van der Waals surface area contributed by atoms with Gasteiger partial charge in [0.05, 0.1) is 6.61 Å². The van der Waals surface area contributed by atoms with Gasteiger partial charge in [0.2, 0.25) is 0 Å². The van der Waals surface area contributed by atoms with Crippen molar-refractivity contribution in [3.05, 3.63) is 27.9 Å². The molecule has 96 valence electrons. The normalized spacial score (nSPS) is 11.8. The first-order chi connectivity index (χ1) is 7.92. The van der Waals surface area contributed by atoms with E-state index < -0.39 is 12.8 Å². The number of nitrogens with two attached hydrogens (primary N) is 1. The van der Waals surface area contributed by atoms with Gasteiger partial charge in [-0.15, -0.1) is 0 Å². The summed E-state index contributed by atoms with van der Waals surface area (Å²) in [6.45, 7) is -1.41. The van der Waals surface area contributed by atoms with E-state index in [1.807, 2.05) is 0 Å². The second-order valence-electron chi connectivity index (χ2n) is 3.31. The van der Waals surface area contributed by atoms with E-state index in [0.717, 1.165) is 0 Å². The fraction of sp³-hybridized carbons (Fsp3) is 0.556. The summed E-state index contributed by atoms with van der Waals surface area (Å²) in [6.07, 6.45) is -2.93. The van der Waals surface area contributed by atoms with E-state index in [-0.39, 0.29) is 31.0 Å². The Kier molecular flexibility index (Phi) is 4.64. The van der Waals surface area contributed by atoms with Crippen LogP contribution in [0.2, 0.25) is 0 Å². The molecule has 3 N–H and O–H groups in total. The Morgan fingerprint density at radius 1 is 1.47 bits per heavy atom. The quantitative estimate of drug-likeness (QED) is 0.740. The van der Waals surface area contributed by atoms with Gasteiger partial charge in [-0.2, -0.15) is 13.2 Å². The summed E-state index contributed by atoms with van der Waals surface area (Å²) < 4.78 is 39.6. The van der Waals surface area contributed by atoms with Crippen LogP contribution in [0.15, 0.2) is 11.0 Å². The number of rotatable bonds is 5. The summed E-state index contributed by atoms with van der Waals surface area (Å²) in [5.74, 6) is 0.273. The minimum Gasteiger partial charge on any atom is -0.372 e. The number of nitrogens with one attached hydrogen (secondary N) is 1. The second-order valence-corrected chi connectivity index (χ2v) is 3.31. The molecule has 0 saturated heterocycles. The maximum atomic E-state index is 11.7. The van der Waals surface area contributed by atoms with E-state index in [0.29, 0.717) is 5.56 Å². The molecule has 0 aliphatic carbocycles. The minimum absolute atomic E-state index is 0.0627. The van der Waals surface area contributed by atoms with E-state index in [1.165, 1.54) is 6.20 Å². The molecule has 0 aromatic carbocycles. The molecule has 0 atom stereocenters. The smallest absolute Gasteiger partial charge is 0.372 e. The number of nitrogens with zero attached hydrogens (tertiary/aromatic N) is 1. The van der Waals surface area contributed by atoms with E-state index in [1.54, 1.807) is 0 Å². The Balaban J connectivity index is 2.43. The van der Waals surface area contributed by atoms with E-state index in [2.05, 4.69) is 14.7 Å². The van der Waals surface area contributed by atoms with Crippen LogP contribution in [0.3, 0.4) is 0 Å². The highest BCUT2D eigenvalue weighted by Crippen LogP contribution is 2.14. The molecule has 0 fully saturated rings. The fourth-order valence-corrected chi connectivity index (χ4v) is 1.09. The molecule has 0 radical (unpaired) electrons. The van der Waals surface area contributed by atoms with Gasteiger partial charge in [-0.25, -0.2) is 4.98 Å². The molecule has 0 bridgehead atoms. The Hall–Kier alpha value is -1.41. The molecule has 1 heterocycles. The topological polar surface area (TPSA) is 81.0 Å². The van der Waals surface area contributed by atoms with Gasteiger partial charge in [0, 0.05) is 24.7 Å². The Bertz CT molecular complexity index is 417. The highest BCUT2D eigenvalue weighted by Gasteiger charge is 2.27. The average molecular weight is 251 g/mol. The first-order valence-corrected chi connectivity index (χ1v) is 4.84. The van der Waals surface area contributed by atoms with Crippen molar-refractivity contribution in [3.63, 3.8) is 0 Å². The molecule has 1 rings (SSSR count). The molecule has 0 aliphatic rings. The van der Waals surface area contributed by atoms with Crippen molar-refractivity contribution in [1.82, 2.24) is 9.97 Å². The molecular weight excluding hydrogens is 239 g/mol. The lowest BCUT2D eigenvalue weighted by atomic mass is 10.3. The summed E-state index contributed by atoms with van der Waals surface area (Å²) in [5, 5.41) is 0. The number of halogens is 3. The maximum Gasteiger partial charge on any atom is 0.411 e. The Morgan fingerprint density at radius 2 is 2.18 bits per heavy atom. The van der Waals surface area contributed by atoms with E-state index >= 15 is 0 Å². The van der Waals surface area contributed by atoms with Crippen molar-refractivity contribution in [1.29, 1.82) is 0 Å². The van der Waals surface area contributed by atoms with Gasteiger partial charge in [-0.3, -0.25) is 4.79 Å². The second kappa shape index (κ2) is 5.78. The van der Waals surface area contributed by atoms with Crippen molar-refractivity contribution < 1.29 is 17.9 Å². The van der Waals surface area contributed by atoms with Crippen molar-refractivity contribution in [2.45, 2.75) is 19.1 Å². The Labute approximate surface area is 94.8 Å².